The summed E-state index contributed by atoms with van der Waals surface area (Å²) in [7, 11) is 0. The SMILES string of the molecule is CC(NCc1sccc1Br)c1ccc(Br)s1. The van der Waals surface area contributed by atoms with Crippen molar-refractivity contribution in [3.63, 3.8) is 0 Å². The Labute approximate surface area is 120 Å². The van der Waals surface area contributed by atoms with Crippen molar-refractivity contribution < 1.29 is 0 Å². The van der Waals surface area contributed by atoms with Crippen LogP contribution in [0.4, 0.5) is 0 Å². The van der Waals surface area contributed by atoms with Crippen molar-refractivity contribution in [2.75, 3.05) is 0 Å². The van der Waals surface area contributed by atoms with Gasteiger partial charge in [-0.25, -0.2) is 0 Å². The second-order valence-electron chi connectivity index (χ2n) is 3.44. The third-order valence-electron chi connectivity index (χ3n) is 2.28. The zero-order valence-corrected chi connectivity index (χ0v) is 13.5. The number of hydrogen-bond donors (Lipinski definition) is 1. The minimum Gasteiger partial charge on any atom is -0.305 e. The van der Waals surface area contributed by atoms with E-state index >= 15 is 0 Å². The topological polar surface area (TPSA) is 12.0 Å². The highest BCUT2D eigenvalue weighted by atomic mass is 79.9. The predicted octanol–water partition coefficient (Wildman–Crippen LogP) is 5.19. The molecule has 2 aromatic rings. The van der Waals surface area contributed by atoms with E-state index in [0.29, 0.717) is 6.04 Å². The third kappa shape index (κ3) is 3.17. The lowest BCUT2D eigenvalue weighted by molar-refractivity contribution is 0.586. The molecular weight excluding hydrogens is 370 g/mol. The Morgan fingerprint density at radius 2 is 2.12 bits per heavy atom. The van der Waals surface area contributed by atoms with Crippen LogP contribution in [-0.4, -0.2) is 0 Å². The van der Waals surface area contributed by atoms with Crippen LogP contribution in [0.3, 0.4) is 0 Å². The van der Waals surface area contributed by atoms with Crippen LogP contribution in [0.2, 0.25) is 0 Å². The van der Waals surface area contributed by atoms with Crippen LogP contribution in [0.25, 0.3) is 0 Å². The second-order valence-corrected chi connectivity index (χ2v) is 7.79. The molecule has 5 heteroatoms. The van der Waals surface area contributed by atoms with Gasteiger partial charge in [-0.05, 0) is 62.4 Å². The molecule has 0 radical (unpaired) electrons. The number of rotatable bonds is 4. The zero-order valence-electron chi connectivity index (χ0n) is 8.67. The Balaban J connectivity index is 1.93. The van der Waals surface area contributed by atoms with Gasteiger partial charge in [0.25, 0.3) is 0 Å². The summed E-state index contributed by atoms with van der Waals surface area (Å²) in [5.74, 6) is 0. The molecule has 0 saturated heterocycles. The molecule has 1 nitrogen and oxygen atoms in total. The first kappa shape index (κ1) is 12.8. The van der Waals surface area contributed by atoms with Crippen LogP contribution < -0.4 is 5.32 Å². The average molecular weight is 381 g/mol. The Morgan fingerprint density at radius 1 is 1.31 bits per heavy atom. The van der Waals surface area contributed by atoms with Crippen molar-refractivity contribution in [3.8, 4) is 0 Å². The smallest absolute Gasteiger partial charge is 0.0701 e. The monoisotopic (exact) mass is 379 g/mol. The van der Waals surface area contributed by atoms with Crippen LogP contribution in [0.15, 0.2) is 31.8 Å². The first-order chi connectivity index (χ1) is 7.66. The summed E-state index contributed by atoms with van der Waals surface area (Å²) >= 11 is 10.6. The fraction of sp³-hybridized carbons (Fsp3) is 0.273. The van der Waals surface area contributed by atoms with Gasteiger partial charge in [-0.1, -0.05) is 0 Å². The van der Waals surface area contributed by atoms with Crippen LogP contribution >= 0.6 is 54.5 Å². The van der Waals surface area contributed by atoms with Crippen molar-refractivity contribution >= 4 is 54.5 Å². The van der Waals surface area contributed by atoms with E-state index in [9.17, 15) is 0 Å². The molecule has 0 saturated carbocycles. The number of hydrogen-bond acceptors (Lipinski definition) is 3. The molecule has 0 fully saturated rings. The molecule has 0 aliphatic heterocycles. The maximum Gasteiger partial charge on any atom is 0.0701 e. The van der Waals surface area contributed by atoms with Crippen molar-refractivity contribution in [2.24, 2.45) is 0 Å². The molecule has 86 valence electrons. The maximum atomic E-state index is 3.54. The summed E-state index contributed by atoms with van der Waals surface area (Å²) in [6.45, 7) is 3.11. The lowest BCUT2D eigenvalue weighted by Gasteiger charge is -2.11. The van der Waals surface area contributed by atoms with Gasteiger partial charge in [-0.3, -0.25) is 0 Å². The molecule has 0 amide bonds. The number of thiophene rings is 2. The molecule has 1 unspecified atom stereocenters. The van der Waals surface area contributed by atoms with E-state index < -0.39 is 0 Å². The van der Waals surface area contributed by atoms with Crippen LogP contribution in [0, 0.1) is 0 Å². The molecule has 1 atom stereocenters. The standard InChI is InChI=1S/C11H11Br2NS2/c1-7(9-2-3-11(13)16-9)14-6-10-8(12)4-5-15-10/h2-5,7,14H,6H2,1H3. The Morgan fingerprint density at radius 3 is 2.69 bits per heavy atom. The summed E-state index contributed by atoms with van der Waals surface area (Å²) in [5, 5.41) is 5.63. The lowest BCUT2D eigenvalue weighted by atomic mass is 10.3. The molecule has 1 N–H and O–H groups in total. The fourth-order valence-electron chi connectivity index (χ4n) is 1.36. The molecule has 0 aliphatic carbocycles. The van der Waals surface area contributed by atoms with E-state index in [2.05, 4.69) is 67.7 Å². The van der Waals surface area contributed by atoms with Gasteiger partial charge < -0.3 is 5.32 Å². The highest BCUT2D eigenvalue weighted by Gasteiger charge is 2.08. The average Bonchev–Trinajstić information content (AvgIpc) is 2.84. The summed E-state index contributed by atoms with van der Waals surface area (Å²) in [5.41, 5.74) is 0. The number of halogens is 2. The highest BCUT2D eigenvalue weighted by molar-refractivity contribution is 9.11. The van der Waals surface area contributed by atoms with E-state index in [4.69, 9.17) is 0 Å². The molecule has 0 spiro atoms. The molecule has 2 aromatic heterocycles. The minimum absolute atomic E-state index is 0.394. The third-order valence-corrected chi connectivity index (χ3v) is 6.01. The van der Waals surface area contributed by atoms with Gasteiger partial charge in [0.05, 0.1) is 3.79 Å². The summed E-state index contributed by atoms with van der Waals surface area (Å²) < 4.78 is 2.39. The summed E-state index contributed by atoms with van der Waals surface area (Å²) in [6, 6.07) is 6.74. The first-order valence-corrected chi connectivity index (χ1v) is 8.15. The van der Waals surface area contributed by atoms with E-state index in [1.807, 2.05) is 0 Å². The Bertz CT molecular complexity index is 464. The number of nitrogens with one attached hydrogen (secondary N) is 1. The normalized spacial score (nSPS) is 12.9. The minimum atomic E-state index is 0.394. The Kier molecular flexibility index (Phi) is 4.61. The van der Waals surface area contributed by atoms with Gasteiger partial charge in [0.2, 0.25) is 0 Å². The summed E-state index contributed by atoms with van der Waals surface area (Å²) in [6.07, 6.45) is 0. The van der Waals surface area contributed by atoms with Crippen molar-refractivity contribution in [1.29, 1.82) is 0 Å². The molecule has 0 bridgehead atoms. The highest BCUT2D eigenvalue weighted by Crippen LogP contribution is 2.28. The van der Waals surface area contributed by atoms with Gasteiger partial charge >= 0.3 is 0 Å². The van der Waals surface area contributed by atoms with Gasteiger partial charge in [-0.15, -0.1) is 22.7 Å². The summed E-state index contributed by atoms with van der Waals surface area (Å²) in [4.78, 5) is 2.71. The van der Waals surface area contributed by atoms with Gasteiger partial charge in [0, 0.05) is 26.8 Å². The van der Waals surface area contributed by atoms with Gasteiger partial charge in [-0.2, -0.15) is 0 Å². The van der Waals surface area contributed by atoms with E-state index in [0.717, 1.165) is 6.54 Å². The molecule has 2 heterocycles. The van der Waals surface area contributed by atoms with Crippen LogP contribution in [-0.2, 0) is 6.54 Å². The molecular formula is C11H11Br2NS2. The van der Waals surface area contributed by atoms with Crippen molar-refractivity contribution in [2.45, 2.75) is 19.5 Å². The zero-order chi connectivity index (χ0) is 11.5. The molecule has 16 heavy (non-hydrogen) atoms. The van der Waals surface area contributed by atoms with Gasteiger partial charge in [0.15, 0.2) is 0 Å². The first-order valence-electron chi connectivity index (χ1n) is 4.87. The largest absolute Gasteiger partial charge is 0.305 e. The van der Waals surface area contributed by atoms with Crippen LogP contribution in [0.1, 0.15) is 22.7 Å². The van der Waals surface area contributed by atoms with E-state index in [1.54, 1.807) is 22.7 Å². The van der Waals surface area contributed by atoms with Crippen molar-refractivity contribution in [1.82, 2.24) is 5.32 Å². The van der Waals surface area contributed by atoms with E-state index in [1.165, 1.54) is 18.0 Å². The molecule has 2 rings (SSSR count). The lowest BCUT2D eigenvalue weighted by Crippen LogP contribution is -2.16. The van der Waals surface area contributed by atoms with E-state index in [-0.39, 0.29) is 0 Å². The second kappa shape index (κ2) is 5.78. The predicted molar refractivity (Wildman–Crippen MR) is 79.3 cm³/mol. The maximum absolute atomic E-state index is 3.54. The Hall–Kier alpha value is 0.320. The van der Waals surface area contributed by atoms with Crippen LogP contribution in [0.5, 0.6) is 0 Å². The molecule has 0 aliphatic rings. The van der Waals surface area contributed by atoms with Gasteiger partial charge in [0.1, 0.15) is 0 Å². The van der Waals surface area contributed by atoms with Crippen molar-refractivity contribution in [3.05, 3.63) is 41.6 Å². The quantitative estimate of drug-likeness (QED) is 0.769. The fourth-order valence-corrected chi connectivity index (χ4v) is 4.25. The molecule has 0 aromatic carbocycles.